The Morgan fingerprint density at radius 1 is 1.02 bits per heavy atom. The van der Waals surface area contributed by atoms with Crippen LogP contribution < -0.4 is 4.74 Å². The van der Waals surface area contributed by atoms with E-state index in [-0.39, 0.29) is 23.7 Å². The third kappa shape index (κ3) is 6.83. The van der Waals surface area contributed by atoms with Gasteiger partial charge in [0, 0.05) is 53.0 Å². The van der Waals surface area contributed by atoms with E-state index >= 15 is 8.78 Å². The van der Waals surface area contributed by atoms with Gasteiger partial charge in [-0.25, -0.2) is 13.8 Å². The van der Waals surface area contributed by atoms with Crippen LogP contribution in [-0.4, -0.2) is 37.5 Å². The quantitative estimate of drug-likeness (QED) is 0.188. The first-order chi connectivity index (χ1) is 21.5. The topological polar surface area (TPSA) is 91.0 Å². The molecule has 0 radical (unpaired) electrons. The lowest BCUT2D eigenvalue weighted by atomic mass is 9.89. The molecule has 0 saturated carbocycles. The van der Waals surface area contributed by atoms with E-state index in [1.807, 2.05) is 30.0 Å². The van der Waals surface area contributed by atoms with Crippen LogP contribution in [0.5, 0.6) is 11.5 Å². The third-order valence-corrected chi connectivity index (χ3v) is 9.33. The molecule has 228 valence electrons. The fourth-order valence-corrected chi connectivity index (χ4v) is 6.96. The molecule has 5 aromatic rings. The molecule has 0 fully saturated rings. The van der Waals surface area contributed by atoms with Crippen LogP contribution in [-0.2, 0) is 17.6 Å². The number of carboxylic acids is 1. The first-order valence-corrected chi connectivity index (χ1v) is 16.3. The summed E-state index contributed by atoms with van der Waals surface area (Å²) in [5.74, 6) is 0.955. The molecule has 44 heavy (non-hydrogen) atoms. The van der Waals surface area contributed by atoms with E-state index in [2.05, 4.69) is 27.1 Å². The van der Waals surface area contributed by atoms with Gasteiger partial charge in [-0.05, 0) is 72.6 Å². The van der Waals surface area contributed by atoms with Crippen LogP contribution in [0.1, 0.15) is 66.8 Å². The first kappa shape index (κ1) is 29.9. The Morgan fingerprint density at radius 3 is 2.80 bits per heavy atom. The smallest absolute Gasteiger partial charge is 0.303 e. The van der Waals surface area contributed by atoms with Gasteiger partial charge in [0.2, 0.25) is 0 Å². The van der Waals surface area contributed by atoms with Crippen molar-refractivity contribution in [2.75, 3.05) is 11.5 Å². The van der Waals surface area contributed by atoms with E-state index in [9.17, 15) is 4.79 Å². The molecule has 0 aliphatic carbocycles. The number of aryl methyl sites for hydroxylation is 2. The van der Waals surface area contributed by atoms with Crippen molar-refractivity contribution >= 4 is 28.6 Å². The maximum absolute atomic E-state index is 15.4. The summed E-state index contributed by atoms with van der Waals surface area (Å²) in [4.78, 5) is 22.2. The molecule has 0 amide bonds. The number of hydrogen-bond donors (Lipinski definition) is 3. The van der Waals surface area contributed by atoms with E-state index < -0.39 is 17.6 Å². The lowest BCUT2D eigenvalue weighted by Crippen LogP contribution is -2.04. The highest BCUT2D eigenvalue weighted by molar-refractivity contribution is 7.99. The molecular formula is C35H35F2N3O3S. The third-order valence-electron chi connectivity index (χ3n) is 8.26. The van der Waals surface area contributed by atoms with Crippen LogP contribution >= 0.6 is 11.8 Å². The van der Waals surface area contributed by atoms with E-state index in [0.717, 1.165) is 76.9 Å². The number of fused-ring (bicyclic) bond motifs is 8. The summed E-state index contributed by atoms with van der Waals surface area (Å²) < 4.78 is 36.8. The number of carbonyl (C=O) groups is 1. The zero-order valence-corrected chi connectivity index (χ0v) is 25.2. The molecule has 0 saturated heterocycles. The van der Waals surface area contributed by atoms with Gasteiger partial charge in [0.25, 0.3) is 0 Å². The Labute approximate surface area is 259 Å². The molecule has 9 heteroatoms. The minimum absolute atomic E-state index is 0.00953. The number of rotatable bonds is 4. The molecule has 6 nitrogen and oxygen atoms in total. The predicted octanol–water partition coefficient (Wildman–Crippen LogP) is 9.02. The fourth-order valence-electron chi connectivity index (χ4n) is 6.00. The molecule has 6 rings (SSSR count). The number of aliphatic carboxylic acids is 1. The Balaban J connectivity index is 1.37. The molecule has 3 heterocycles. The van der Waals surface area contributed by atoms with Crippen molar-refractivity contribution in [2.45, 2.75) is 57.3 Å². The maximum Gasteiger partial charge on any atom is 0.303 e. The molecule has 3 N–H and O–H groups in total. The number of imidazole rings is 1. The number of thioether (sulfide) groups is 1. The molecule has 0 spiro atoms. The summed E-state index contributed by atoms with van der Waals surface area (Å²) in [6.07, 6.45) is 9.92. The van der Waals surface area contributed by atoms with E-state index in [1.165, 1.54) is 18.2 Å². The van der Waals surface area contributed by atoms with Crippen molar-refractivity contribution in [3.63, 3.8) is 0 Å². The average Bonchev–Trinajstić information content (AvgIpc) is 3.69. The molecule has 1 aliphatic rings. The second kappa shape index (κ2) is 13.7. The molecule has 3 aromatic carbocycles. The summed E-state index contributed by atoms with van der Waals surface area (Å²) in [6.45, 7) is 0. The molecule has 1 unspecified atom stereocenters. The number of hydrogen-bond acceptors (Lipinski definition) is 4. The number of carboxylic acid groups (broad SMARTS) is 1. The maximum atomic E-state index is 15.4. The number of halogens is 2. The molecule has 4 bridgehead atoms. The Hall–Kier alpha value is -4.11. The fraction of sp³-hybridized carbons (Fsp3) is 0.314. The van der Waals surface area contributed by atoms with Crippen LogP contribution in [0.2, 0.25) is 0 Å². The summed E-state index contributed by atoms with van der Waals surface area (Å²) in [7, 11) is 0. The number of aromatic amines is 2. The first-order valence-electron chi connectivity index (χ1n) is 15.2. The van der Waals surface area contributed by atoms with Crippen molar-refractivity contribution in [2.24, 2.45) is 0 Å². The second-order valence-electron chi connectivity index (χ2n) is 11.3. The van der Waals surface area contributed by atoms with Crippen molar-refractivity contribution in [3.8, 4) is 22.9 Å². The van der Waals surface area contributed by atoms with E-state index in [4.69, 9.17) is 9.84 Å². The van der Waals surface area contributed by atoms with Gasteiger partial charge < -0.3 is 19.8 Å². The van der Waals surface area contributed by atoms with Crippen LogP contribution in [0.25, 0.3) is 22.3 Å². The van der Waals surface area contributed by atoms with Crippen molar-refractivity contribution in [1.82, 2.24) is 15.0 Å². The van der Waals surface area contributed by atoms with Gasteiger partial charge in [0.05, 0.1) is 5.56 Å². The normalized spacial score (nSPS) is 16.4. The van der Waals surface area contributed by atoms with Crippen molar-refractivity contribution in [3.05, 3.63) is 101 Å². The molecule has 1 atom stereocenters. The van der Waals surface area contributed by atoms with Gasteiger partial charge in [-0.1, -0.05) is 43.5 Å². The number of H-pyrrole nitrogens is 2. The molecule has 2 aromatic heterocycles. The molecule has 1 aliphatic heterocycles. The van der Waals surface area contributed by atoms with Gasteiger partial charge in [0.15, 0.2) is 11.6 Å². The highest BCUT2D eigenvalue weighted by Crippen LogP contribution is 2.38. The van der Waals surface area contributed by atoms with E-state index in [0.29, 0.717) is 24.4 Å². The van der Waals surface area contributed by atoms with Crippen molar-refractivity contribution < 1.29 is 23.4 Å². The lowest BCUT2D eigenvalue weighted by molar-refractivity contribution is -0.136. The van der Waals surface area contributed by atoms with Gasteiger partial charge in [0.1, 0.15) is 17.4 Å². The van der Waals surface area contributed by atoms with E-state index in [1.54, 1.807) is 18.5 Å². The summed E-state index contributed by atoms with van der Waals surface area (Å²) in [5, 5.41) is 10.1. The molecular weight excluding hydrogens is 580 g/mol. The lowest BCUT2D eigenvalue weighted by Gasteiger charge is -2.17. The average molecular weight is 616 g/mol. The Bertz CT molecular complexity index is 1770. The van der Waals surface area contributed by atoms with Crippen LogP contribution in [0.15, 0.2) is 67.0 Å². The highest BCUT2D eigenvalue weighted by atomic mass is 32.2. The predicted molar refractivity (Wildman–Crippen MR) is 171 cm³/mol. The number of aromatic nitrogens is 3. The number of ether oxygens (including phenoxy) is 1. The van der Waals surface area contributed by atoms with Crippen LogP contribution in [0.3, 0.4) is 0 Å². The standard InChI is InChI=1S/C35H35F2N3O3S/c36-29-11-10-24-19-28(29)35-39-21-32(40-35)25(23-7-5-6-22(18-23)9-12-33(41)42)8-3-1-2-4-16-44-17-14-27-26-13-15-38-31(26)20-30(37)34(27)43-24/h5-7,10-11,13,15,18-21,25,38H,1-4,8-9,12,14,16-17H2,(H,39,40)(H,41,42). The Kier molecular flexibility index (Phi) is 9.31. The second-order valence-corrected chi connectivity index (χ2v) is 12.5. The largest absolute Gasteiger partial charge is 0.481 e. The monoisotopic (exact) mass is 615 g/mol. The van der Waals surface area contributed by atoms with Crippen LogP contribution in [0, 0.1) is 11.6 Å². The zero-order valence-electron chi connectivity index (χ0n) is 24.4. The minimum Gasteiger partial charge on any atom is -0.481 e. The van der Waals surface area contributed by atoms with Gasteiger partial charge in [-0.2, -0.15) is 11.8 Å². The number of nitrogens with one attached hydrogen (secondary N) is 2. The zero-order chi connectivity index (χ0) is 30.5. The minimum atomic E-state index is -0.823. The highest BCUT2D eigenvalue weighted by Gasteiger charge is 2.21. The SMILES string of the molecule is O=C(O)CCc1cccc(C2CCCCCCSCCc3c(c(F)cc4[nH]ccc34)Oc3ccc(F)c(c3)-c3ncc2[nH]3)c1. The van der Waals surface area contributed by atoms with Gasteiger partial charge >= 0.3 is 5.97 Å². The van der Waals surface area contributed by atoms with Gasteiger partial charge in [-0.15, -0.1) is 0 Å². The summed E-state index contributed by atoms with van der Waals surface area (Å²) >= 11 is 1.86. The summed E-state index contributed by atoms with van der Waals surface area (Å²) in [6, 6.07) is 15.8. The summed E-state index contributed by atoms with van der Waals surface area (Å²) in [5.41, 5.74) is 4.66. The van der Waals surface area contributed by atoms with Crippen molar-refractivity contribution in [1.29, 1.82) is 0 Å². The Morgan fingerprint density at radius 2 is 1.91 bits per heavy atom. The number of benzene rings is 3. The van der Waals surface area contributed by atoms with Crippen LogP contribution in [0.4, 0.5) is 8.78 Å². The van der Waals surface area contributed by atoms with Gasteiger partial charge in [-0.3, -0.25) is 4.79 Å². The number of nitrogens with zero attached hydrogens (tertiary/aromatic N) is 1.